The first-order valence-corrected chi connectivity index (χ1v) is 6.95. The normalized spacial score (nSPS) is 24.1. The molecular weight excluding hydrogens is 284 g/mol. The first-order valence-electron chi connectivity index (χ1n) is 5.83. The second kappa shape index (κ2) is 7.11. The molecule has 1 heterocycles. The predicted octanol–water partition coefficient (Wildman–Crippen LogP) is 2.73. The summed E-state index contributed by atoms with van der Waals surface area (Å²) in [6.07, 6.45) is 0.886. The summed E-state index contributed by atoms with van der Waals surface area (Å²) in [7, 11) is 0. The molecule has 1 aromatic rings. The average molecular weight is 301 g/mol. The fraction of sp³-hybridized carbons (Fsp3) is 0.538. The molecule has 1 aliphatic rings. The SMILES string of the molecule is BrCC[C@@H]1OC[C@@H](COCc2ccccc2)O1. The fourth-order valence-electron chi connectivity index (χ4n) is 1.72. The van der Waals surface area contributed by atoms with Gasteiger partial charge < -0.3 is 14.2 Å². The zero-order valence-electron chi connectivity index (χ0n) is 9.68. The van der Waals surface area contributed by atoms with Gasteiger partial charge in [0.2, 0.25) is 0 Å². The molecule has 1 saturated heterocycles. The molecule has 0 saturated carbocycles. The minimum absolute atomic E-state index is 0.0697. The van der Waals surface area contributed by atoms with Crippen LogP contribution in [-0.4, -0.2) is 30.9 Å². The maximum Gasteiger partial charge on any atom is 0.159 e. The van der Waals surface area contributed by atoms with E-state index in [1.807, 2.05) is 18.2 Å². The van der Waals surface area contributed by atoms with Crippen molar-refractivity contribution in [3.63, 3.8) is 0 Å². The van der Waals surface area contributed by atoms with E-state index < -0.39 is 0 Å². The molecule has 17 heavy (non-hydrogen) atoms. The molecule has 0 amide bonds. The third kappa shape index (κ3) is 4.39. The third-order valence-corrected chi connectivity index (χ3v) is 3.03. The highest BCUT2D eigenvalue weighted by molar-refractivity contribution is 9.09. The second-order valence-electron chi connectivity index (χ2n) is 4.00. The molecule has 94 valence electrons. The zero-order chi connectivity index (χ0) is 11.9. The molecule has 0 aliphatic carbocycles. The van der Waals surface area contributed by atoms with Gasteiger partial charge in [-0.25, -0.2) is 0 Å². The summed E-state index contributed by atoms with van der Waals surface area (Å²) >= 11 is 3.37. The Labute approximate surface area is 110 Å². The Hall–Kier alpha value is -0.420. The number of hydrogen-bond donors (Lipinski definition) is 0. The summed E-state index contributed by atoms with van der Waals surface area (Å²) < 4.78 is 16.8. The maximum atomic E-state index is 5.66. The molecular formula is C13H17BrO3. The lowest BCUT2D eigenvalue weighted by Crippen LogP contribution is -2.19. The van der Waals surface area contributed by atoms with Crippen molar-refractivity contribution in [3.8, 4) is 0 Å². The Bertz CT molecular complexity index is 318. The lowest BCUT2D eigenvalue weighted by atomic mass is 10.2. The fourth-order valence-corrected chi connectivity index (χ4v) is 2.09. The molecule has 0 spiro atoms. The van der Waals surface area contributed by atoms with Crippen LogP contribution in [-0.2, 0) is 20.8 Å². The van der Waals surface area contributed by atoms with Gasteiger partial charge >= 0.3 is 0 Å². The van der Waals surface area contributed by atoms with Gasteiger partial charge in [-0.05, 0) is 5.56 Å². The number of benzene rings is 1. The lowest BCUT2D eigenvalue weighted by Gasteiger charge is -2.10. The van der Waals surface area contributed by atoms with E-state index in [1.54, 1.807) is 0 Å². The van der Waals surface area contributed by atoms with Crippen LogP contribution in [0.25, 0.3) is 0 Å². The van der Waals surface area contributed by atoms with Gasteiger partial charge in [-0.15, -0.1) is 0 Å². The van der Waals surface area contributed by atoms with Gasteiger partial charge in [0, 0.05) is 11.8 Å². The summed E-state index contributed by atoms with van der Waals surface area (Å²) in [4.78, 5) is 0. The molecule has 4 heteroatoms. The summed E-state index contributed by atoms with van der Waals surface area (Å²) in [5, 5.41) is 0.898. The van der Waals surface area contributed by atoms with Crippen LogP contribution in [0.15, 0.2) is 30.3 Å². The van der Waals surface area contributed by atoms with Gasteiger partial charge in [-0.3, -0.25) is 0 Å². The van der Waals surface area contributed by atoms with Crippen LogP contribution in [0.3, 0.4) is 0 Å². The standard InChI is InChI=1S/C13H17BrO3/c14-7-6-13-16-10-12(17-13)9-15-8-11-4-2-1-3-5-11/h1-5,12-13H,6-10H2/t12-,13-/m1/s1. The number of ether oxygens (including phenoxy) is 3. The molecule has 0 bridgehead atoms. The van der Waals surface area contributed by atoms with Gasteiger partial charge in [0.1, 0.15) is 6.10 Å². The largest absolute Gasteiger partial charge is 0.374 e. The Kier molecular flexibility index (Phi) is 5.45. The molecule has 0 unspecified atom stereocenters. The van der Waals surface area contributed by atoms with E-state index in [1.165, 1.54) is 5.56 Å². The van der Waals surface area contributed by atoms with E-state index in [2.05, 4.69) is 28.1 Å². The summed E-state index contributed by atoms with van der Waals surface area (Å²) in [5.41, 5.74) is 1.18. The average Bonchev–Trinajstić information content (AvgIpc) is 2.79. The smallest absolute Gasteiger partial charge is 0.159 e. The second-order valence-corrected chi connectivity index (χ2v) is 4.79. The van der Waals surface area contributed by atoms with Crippen molar-refractivity contribution in [2.24, 2.45) is 0 Å². The number of rotatable bonds is 6. The van der Waals surface area contributed by atoms with Gasteiger partial charge in [-0.1, -0.05) is 46.3 Å². The molecule has 0 radical (unpaired) electrons. The van der Waals surface area contributed by atoms with Crippen LogP contribution in [0.2, 0.25) is 0 Å². The molecule has 2 rings (SSSR count). The highest BCUT2D eigenvalue weighted by Gasteiger charge is 2.25. The zero-order valence-corrected chi connectivity index (χ0v) is 11.3. The lowest BCUT2D eigenvalue weighted by molar-refractivity contribution is -0.0726. The Balaban J connectivity index is 1.63. The van der Waals surface area contributed by atoms with E-state index in [4.69, 9.17) is 14.2 Å². The van der Waals surface area contributed by atoms with E-state index >= 15 is 0 Å². The molecule has 0 aromatic heterocycles. The topological polar surface area (TPSA) is 27.7 Å². The van der Waals surface area contributed by atoms with E-state index in [0.717, 1.165) is 11.8 Å². The van der Waals surface area contributed by atoms with Gasteiger partial charge in [0.15, 0.2) is 6.29 Å². The van der Waals surface area contributed by atoms with Gasteiger partial charge in [0.05, 0.1) is 19.8 Å². The molecule has 0 N–H and O–H groups in total. The molecule has 1 fully saturated rings. The van der Waals surface area contributed by atoms with Crippen LogP contribution >= 0.6 is 15.9 Å². The van der Waals surface area contributed by atoms with Crippen LogP contribution in [0.5, 0.6) is 0 Å². The molecule has 1 aromatic carbocycles. The summed E-state index contributed by atoms with van der Waals surface area (Å²) in [6, 6.07) is 10.1. The molecule has 1 aliphatic heterocycles. The highest BCUT2D eigenvalue weighted by Crippen LogP contribution is 2.16. The van der Waals surface area contributed by atoms with Crippen LogP contribution in [0.4, 0.5) is 0 Å². The number of alkyl halides is 1. The number of halogens is 1. The third-order valence-electron chi connectivity index (χ3n) is 2.57. The van der Waals surface area contributed by atoms with Crippen LogP contribution < -0.4 is 0 Å². The van der Waals surface area contributed by atoms with E-state index in [0.29, 0.717) is 19.8 Å². The summed E-state index contributed by atoms with van der Waals surface area (Å²) in [5.74, 6) is 0. The molecule has 2 atom stereocenters. The Morgan fingerprint density at radius 2 is 2.12 bits per heavy atom. The van der Waals surface area contributed by atoms with Crippen LogP contribution in [0.1, 0.15) is 12.0 Å². The van der Waals surface area contributed by atoms with Gasteiger partial charge in [-0.2, -0.15) is 0 Å². The first kappa shape index (κ1) is 13.0. The van der Waals surface area contributed by atoms with E-state index in [9.17, 15) is 0 Å². The van der Waals surface area contributed by atoms with Crippen molar-refractivity contribution < 1.29 is 14.2 Å². The predicted molar refractivity (Wildman–Crippen MR) is 69.1 cm³/mol. The van der Waals surface area contributed by atoms with E-state index in [-0.39, 0.29) is 12.4 Å². The Morgan fingerprint density at radius 1 is 1.29 bits per heavy atom. The van der Waals surface area contributed by atoms with Crippen LogP contribution in [0, 0.1) is 0 Å². The summed E-state index contributed by atoms with van der Waals surface area (Å²) in [6.45, 7) is 1.85. The minimum atomic E-state index is -0.0697. The first-order chi connectivity index (χ1) is 8.38. The van der Waals surface area contributed by atoms with Crippen molar-refractivity contribution in [1.82, 2.24) is 0 Å². The van der Waals surface area contributed by atoms with Gasteiger partial charge in [0.25, 0.3) is 0 Å². The van der Waals surface area contributed by atoms with Crippen molar-refractivity contribution in [2.45, 2.75) is 25.4 Å². The highest BCUT2D eigenvalue weighted by atomic mass is 79.9. The van der Waals surface area contributed by atoms with Crippen molar-refractivity contribution in [1.29, 1.82) is 0 Å². The maximum absolute atomic E-state index is 5.66. The van der Waals surface area contributed by atoms with Crippen molar-refractivity contribution in [2.75, 3.05) is 18.5 Å². The van der Waals surface area contributed by atoms with Crippen molar-refractivity contribution >= 4 is 15.9 Å². The quantitative estimate of drug-likeness (QED) is 0.756. The number of hydrogen-bond acceptors (Lipinski definition) is 3. The molecule has 3 nitrogen and oxygen atoms in total. The van der Waals surface area contributed by atoms with Crippen molar-refractivity contribution in [3.05, 3.63) is 35.9 Å². The minimum Gasteiger partial charge on any atom is -0.374 e. The monoisotopic (exact) mass is 300 g/mol. The Morgan fingerprint density at radius 3 is 2.88 bits per heavy atom.